The van der Waals surface area contributed by atoms with Gasteiger partial charge in [0, 0.05) is 12.1 Å². The van der Waals surface area contributed by atoms with Gasteiger partial charge in [0.05, 0.1) is 12.2 Å². The molecule has 2 aliphatic heterocycles. The molecule has 2 aliphatic rings. The second-order valence-corrected chi connectivity index (χ2v) is 4.77. The molecule has 0 aromatic heterocycles. The molecule has 1 unspecified atom stereocenters. The smallest absolute Gasteiger partial charge is 0.165 e. The number of rotatable bonds is 1. The lowest BCUT2D eigenvalue weighted by Gasteiger charge is -2.31. The van der Waals surface area contributed by atoms with Gasteiger partial charge in [0.1, 0.15) is 25.1 Å². The normalized spacial score (nSPS) is 21.5. The third kappa shape index (κ3) is 1.88. The summed E-state index contributed by atoms with van der Waals surface area (Å²) in [5.41, 5.74) is 0.992. The van der Waals surface area contributed by atoms with Crippen molar-refractivity contribution in [2.24, 2.45) is 5.92 Å². The van der Waals surface area contributed by atoms with Crippen molar-refractivity contribution >= 4 is 5.69 Å². The van der Waals surface area contributed by atoms with E-state index in [1.807, 2.05) is 12.1 Å². The Labute approximate surface area is 101 Å². The van der Waals surface area contributed by atoms with Crippen LogP contribution in [-0.4, -0.2) is 25.9 Å². The number of hydrogen-bond donors (Lipinski definition) is 1. The van der Waals surface area contributed by atoms with Crippen LogP contribution in [0.15, 0.2) is 12.1 Å². The van der Waals surface area contributed by atoms with Gasteiger partial charge in [-0.05, 0) is 5.92 Å². The highest BCUT2D eigenvalue weighted by molar-refractivity contribution is 5.65. The van der Waals surface area contributed by atoms with E-state index in [9.17, 15) is 0 Å². The first-order valence-corrected chi connectivity index (χ1v) is 6.08. The highest BCUT2D eigenvalue weighted by Crippen LogP contribution is 2.41. The summed E-state index contributed by atoms with van der Waals surface area (Å²) in [7, 11) is 0. The minimum atomic E-state index is 0.213. The Kier molecular flexibility index (Phi) is 2.50. The van der Waals surface area contributed by atoms with Crippen LogP contribution < -0.4 is 19.5 Å². The second kappa shape index (κ2) is 4.02. The minimum Gasteiger partial charge on any atom is -0.486 e. The van der Waals surface area contributed by atoms with Crippen molar-refractivity contribution in [3.8, 4) is 17.2 Å². The maximum absolute atomic E-state index is 5.96. The molecule has 1 aromatic rings. The summed E-state index contributed by atoms with van der Waals surface area (Å²) < 4.78 is 17.1. The predicted octanol–water partition coefficient (Wildman–Crippen LogP) is 2.29. The number of anilines is 1. The molecule has 92 valence electrons. The van der Waals surface area contributed by atoms with E-state index in [4.69, 9.17) is 14.2 Å². The van der Waals surface area contributed by atoms with E-state index in [-0.39, 0.29) is 6.10 Å². The lowest BCUT2D eigenvalue weighted by molar-refractivity contribution is 0.149. The standard InChI is InChI=1S/C13H17NO3/c1-8(2)13-7-14-9-5-11-12(6-10(9)17-13)16-4-3-15-11/h5-6,8,13-14H,3-4,7H2,1-2H3. The van der Waals surface area contributed by atoms with Crippen LogP contribution in [0.25, 0.3) is 0 Å². The van der Waals surface area contributed by atoms with E-state index in [0.717, 1.165) is 29.5 Å². The number of fused-ring (bicyclic) bond motifs is 2. The molecule has 4 nitrogen and oxygen atoms in total. The summed E-state index contributed by atoms with van der Waals surface area (Å²) in [6, 6.07) is 3.88. The zero-order valence-corrected chi connectivity index (χ0v) is 10.2. The molecule has 1 aromatic carbocycles. The Morgan fingerprint density at radius 1 is 1.12 bits per heavy atom. The van der Waals surface area contributed by atoms with Crippen molar-refractivity contribution in [3.63, 3.8) is 0 Å². The van der Waals surface area contributed by atoms with E-state index in [0.29, 0.717) is 19.1 Å². The third-order valence-corrected chi connectivity index (χ3v) is 3.16. The summed E-state index contributed by atoms with van der Waals surface area (Å²) >= 11 is 0. The molecule has 0 radical (unpaired) electrons. The fourth-order valence-corrected chi connectivity index (χ4v) is 2.09. The van der Waals surface area contributed by atoms with Gasteiger partial charge in [-0.15, -0.1) is 0 Å². The van der Waals surface area contributed by atoms with Gasteiger partial charge in [0.2, 0.25) is 0 Å². The van der Waals surface area contributed by atoms with Gasteiger partial charge in [0.15, 0.2) is 11.5 Å². The average molecular weight is 235 g/mol. The van der Waals surface area contributed by atoms with Gasteiger partial charge in [-0.3, -0.25) is 0 Å². The first-order chi connectivity index (χ1) is 8.24. The van der Waals surface area contributed by atoms with E-state index in [1.165, 1.54) is 0 Å². The van der Waals surface area contributed by atoms with Crippen molar-refractivity contribution in [2.75, 3.05) is 25.1 Å². The predicted molar refractivity (Wildman–Crippen MR) is 65.2 cm³/mol. The largest absolute Gasteiger partial charge is 0.486 e. The van der Waals surface area contributed by atoms with Crippen LogP contribution >= 0.6 is 0 Å². The summed E-state index contributed by atoms with van der Waals surface area (Å²) in [6.45, 7) is 6.38. The lowest BCUT2D eigenvalue weighted by atomic mass is 10.1. The van der Waals surface area contributed by atoms with Crippen LogP contribution in [0.1, 0.15) is 13.8 Å². The van der Waals surface area contributed by atoms with E-state index in [1.54, 1.807) is 0 Å². The molecule has 1 N–H and O–H groups in total. The van der Waals surface area contributed by atoms with E-state index < -0.39 is 0 Å². The number of ether oxygens (including phenoxy) is 3. The van der Waals surface area contributed by atoms with E-state index in [2.05, 4.69) is 19.2 Å². The highest BCUT2D eigenvalue weighted by atomic mass is 16.6. The maximum atomic E-state index is 5.96. The number of benzene rings is 1. The monoisotopic (exact) mass is 235 g/mol. The fourth-order valence-electron chi connectivity index (χ4n) is 2.09. The molecule has 2 heterocycles. The molecule has 0 saturated heterocycles. The van der Waals surface area contributed by atoms with Crippen LogP contribution in [0.5, 0.6) is 17.2 Å². The Morgan fingerprint density at radius 2 is 1.82 bits per heavy atom. The molecule has 0 spiro atoms. The van der Waals surface area contributed by atoms with Crippen molar-refractivity contribution in [2.45, 2.75) is 20.0 Å². The van der Waals surface area contributed by atoms with Gasteiger partial charge in [-0.25, -0.2) is 0 Å². The molecule has 17 heavy (non-hydrogen) atoms. The molecule has 0 bridgehead atoms. The molecule has 4 heteroatoms. The summed E-state index contributed by atoms with van der Waals surface area (Å²) in [5, 5.41) is 3.38. The van der Waals surface area contributed by atoms with Crippen LogP contribution in [0, 0.1) is 5.92 Å². The molecular formula is C13H17NO3. The average Bonchev–Trinajstić information content (AvgIpc) is 2.35. The zero-order chi connectivity index (χ0) is 11.8. The van der Waals surface area contributed by atoms with Crippen LogP contribution in [0.2, 0.25) is 0 Å². The molecule has 0 aliphatic carbocycles. The Balaban J connectivity index is 1.92. The van der Waals surface area contributed by atoms with Crippen LogP contribution in [-0.2, 0) is 0 Å². The topological polar surface area (TPSA) is 39.7 Å². The molecule has 1 atom stereocenters. The van der Waals surface area contributed by atoms with Gasteiger partial charge in [0.25, 0.3) is 0 Å². The molecule has 0 fully saturated rings. The first kappa shape index (κ1) is 10.6. The van der Waals surface area contributed by atoms with Crippen molar-refractivity contribution in [1.29, 1.82) is 0 Å². The van der Waals surface area contributed by atoms with Gasteiger partial charge >= 0.3 is 0 Å². The van der Waals surface area contributed by atoms with Crippen LogP contribution in [0.4, 0.5) is 5.69 Å². The zero-order valence-electron chi connectivity index (χ0n) is 10.2. The highest BCUT2D eigenvalue weighted by Gasteiger charge is 2.25. The molecular weight excluding hydrogens is 218 g/mol. The van der Waals surface area contributed by atoms with Gasteiger partial charge in [-0.1, -0.05) is 13.8 Å². The third-order valence-electron chi connectivity index (χ3n) is 3.16. The Bertz CT molecular complexity index is 431. The number of hydrogen-bond acceptors (Lipinski definition) is 4. The molecule has 0 saturated carbocycles. The molecule has 0 amide bonds. The van der Waals surface area contributed by atoms with Crippen molar-refractivity contribution < 1.29 is 14.2 Å². The van der Waals surface area contributed by atoms with Crippen molar-refractivity contribution in [1.82, 2.24) is 0 Å². The Hall–Kier alpha value is -1.58. The van der Waals surface area contributed by atoms with Gasteiger partial charge in [-0.2, -0.15) is 0 Å². The maximum Gasteiger partial charge on any atom is 0.165 e. The number of nitrogens with one attached hydrogen (secondary N) is 1. The first-order valence-electron chi connectivity index (χ1n) is 6.08. The van der Waals surface area contributed by atoms with E-state index >= 15 is 0 Å². The molecule has 3 rings (SSSR count). The lowest BCUT2D eigenvalue weighted by Crippen LogP contribution is -2.35. The summed E-state index contributed by atoms with van der Waals surface area (Å²) in [4.78, 5) is 0. The Morgan fingerprint density at radius 3 is 2.53 bits per heavy atom. The second-order valence-electron chi connectivity index (χ2n) is 4.77. The quantitative estimate of drug-likeness (QED) is 0.810. The SMILES string of the molecule is CC(C)C1CNc2cc3c(cc2O1)OCCO3. The fraction of sp³-hybridized carbons (Fsp3) is 0.538. The van der Waals surface area contributed by atoms with Crippen LogP contribution in [0.3, 0.4) is 0 Å². The van der Waals surface area contributed by atoms with Crippen molar-refractivity contribution in [3.05, 3.63) is 12.1 Å². The minimum absolute atomic E-state index is 0.213. The summed E-state index contributed by atoms with van der Waals surface area (Å²) in [5.74, 6) is 2.93. The summed E-state index contributed by atoms with van der Waals surface area (Å²) in [6.07, 6.45) is 0.213. The van der Waals surface area contributed by atoms with Gasteiger partial charge < -0.3 is 19.5 Å².